The number of aromatic amines is 1. The molecule has 0 saturated carbocycles. The third kappa shape index (κ3) is 3.98. The van der Waals surface area contributed by atoms with Crippen molar-refractivity contribution in [1.29, 1.82) is 0 Å². The number of H-pyrrole nitrogens is 1. The lowest BCUT2D eigenvalue weighted by atomic mass is 9.92. The van der Waals surface area contributed by atoms with Gasteiger partial charge in [-0.25, -0.2) is 0 Å². The standard InChI is InChI=1S/C19H25N3O3S/c1-3-4-9-20-17(23)14-6-5-12(2)22(11-14)18(24)13-7-8-15-16(10-13)25-19(26)21-15/h7-8,10,12,14H,3-6,9,11H2,1-2H3,(H,20,23)(H,21,26)/t12-,14-/m0/s1. The predicted octanol–water partition coefficient (Wildman–Crippen LogP) is 3.65. The fourth-order valence-corrected chi connectivity index (χ4v) is 3.58. The minimum Gasteiger partial charge on any atom is -0.429 e. The third-order valence-electron chi connectivity index (χ3n) is 5.01. The Kier molecular flexibility index (Phi) is 5.76. The molecule has 2 N–H and O–H groups in total. The van der Waals surface area contributed by atoms with Gasteiger partial charge >= 0.3 is 0 Å². The number of fused-ring (bicyclic) bond motifs is 1. The number of amides is 2. The number of aromatic nitrogens is 1. The van der Waals surface area contributed by atoms with Crippen LogP contribution in [0.1, 0.15) is 49.9 Å². The molecule has 1 aromatic carbocycles. The van der Waals surface area contributed by atoms with Crippen LogP contribution in [0.4, 0.5) is 0 Å². The maximum absolute atomic E-state index is 13.0. The van der Waals surface area contributed by atoms with Crippen LogP contribution in [-0.2, 0) is 4.79 Å². The zero-order chi connectivity index (χ0) is 18.7. The molecule has 2 heterocycles. The molecule has 0 unspecified atom stereocenters. The van der Waals surface area contributed by atoms with Crippen LogP contribution in [-0.4, -0.2) is 40.8 Å². The van der Waals surface area contributed by atoms with E-state index < -0.39 is 0 Å². The van der Waals surface area contributed by atoms with Gasteiger partial charge in [0.15, 0.2) is 5.58 Å². The van der Waals surface area contributed by atoms with Crippen molar-refractivity contribution < 1.29 is 14.0 Å². The molecule has 2 aromatic rings. The molecular formula is C19H25N3O3S. The van der Waals surface area contributed by atoms with Gasteiger partial charge in [-0.2, -0.15) is 0 Å². The Morgan fingerprint density at radius 1 is 1.38 bits per heavy atom. The van der Waals surface area contributed by atoms with Crippen LogP contribution in [0.2, 0.25) is 0 Å². The molecule has 1 fully saturated rings. The molecule has 1 aromatic heterocycles. The fourth-order valence-electron chi connectivity index (χ4n) is 3.38. The molecule has 7 heteroatoms. The highest BCUT2D eigenvalue weighted by molar-refractivity contribution is 7.71. The summed E-state index contributed by atoms with van der Waals surface area (Å²) in [5, 5.41) is 2.99. The maximum atomic E-state index is 13.0. The van der Waals surface area contributed by atoms with Crippen molar-refractivity contribution in [2.24, 2.45) is 5.92 Å². The van der Waals surface area contributed by atoms with Crippen LogP contribution in [0.15, 0.2) is 22.6 Å². The number of hydrogen-bond acceptors (Lipinski definition) is 4. The highest BCUT2D eigenvalue weighted by Gasteiger charge is 2.33. The van der Waals surface area contributed by atoms with Gasteiger partial charge in [0.25, 0.3) is 10.7 Å². The van der Waals surface area contributed by atoms with Crippen molar-refractivity contribution in [3.8, 4) is 0 Å². The van der Waals surface area contributed by atoms with E-state index in [1.807, 2.05) is 6.92 Å². The molecule has 1 aliphatic heterocycles. The van der Waals surface area contributed by atoms with Gasteiger partial charge < -0.3 is 19.6 Å². The third-order valence-corrected chi connectivity index (χ3v) is 5.20. The Morgan fingerprint density at radius 2 is 2.19 bits per heavy atom. The van der Waals surface area contributed by atoms with Crippen LogP contribution in [0.3, 0.4) is 0 Å². The summed E-state index contributed by atoms with van der Waals surface area (Å²) in [7, 11) is 0. The van der Waals surface area contributed by atoms with Crippen LogP contribution < -0.4 is 5.32 Å². The molecule has 1 aliphatic rings. The summed E-state index contributed by atoms with van der Waals surface area (Å²) >= 11 is 4.99. The normalized spacial score (nSPS) is 20.3. The van der Waals surface area contributed by atoms with E-state index in [-0.39, 0.29) is 23.8 Å². The molecule has 0 aliphatic carbocycles. The molecule has 140 valence electrons. The van der Waals surface area contributed by atoms with Gasteiger partial charge in [-0.15, -0.1) is 0 Å². The van der Waals surface area contributed by atoms with Crippen molar-refractivity contribution in [1.82, 2.24) is 15.2 Å². The first-order valence-electron chi connectivity index (χ1n) is 9.21. The lowest BCUT2D eigenvalue weighted by Gasteiger charge is -2.37. The van der Waals surface area contributed by atoms with Crippen LogP contribution in [0.5, 0.6) is 0 Å². The number of oxazole rings is 1. The van der Waals surface area contributed by atoms with Gasteiger partial charge in [-0.3, -0.25) is 9.59 Å². The van der Waals surface area contributed by atoms with Crippen LogP contribution in [0, 0.1) is 10.8 Å². The molecule has 26 heavy (non-hydrogen) atoms. The van der Waals surface area contributed by atoms with Gasteiger partial charge in [-0.1, -0.05) is 13.3 Å². The average Bonchev–Trinajstić information content (AvgIpc) is 3.00. The Balaban J connectivity index is 1.73. The number of nitrogens with zero attached hydrogens (tertiary/aromatic N) is 1. The van der Waals surface area contributed by atoms with Crippen LogP contribution >= 0.6 is 12.2 Å². The Bertz CT molecular complexity index is 857. The summed E-state index contributed by atoms with van der Waals surface area (Å²) in [6.07, 6.45) is 3.66. The van der Waals surface area contributed by atoms with Gasteiger partial charge in [0.05, 0.1) is 11.4 Å². The summed E-state index contributed by atoms with van der Waals surface area (Å²) in [5.74, 6) is -0.172. The smallest absolute Gasteiger partial charge is 0.266 e. The minimum atomic E-state index is -0.146. The van der Waals surface area contributed by atoms with Crippen molar-refractivity contribution in [3.05, 3.63) is 28.6 Å². The van der Waals surface area contributed by atoms with Gasteiger partial charge in [0.2, 0.25) is 5.91 Å². The quantitative estimate of drug-likeness (QED) is 0.618. The van der Waals surface area contributed by atoms with Crippen molar-refractivity contribution in [2.45, 2.75) is 45.6 Å². The Hall–Kier alpha value is -2.15. The van der Waals surface area contributed by atoms with E-state index in [1.165, 1.54) is 0 Å². The number of unbranched alkanes of at least 4 members (excludes halogenated alkanes) is 1. The van der Waals surface area contributed by atoms with E-state index in [9.17, 15) is 9.59 Å². The largest absolute Gasteiger partial charge is 0.429 e. The average molecular weight is 375 g/mol. The number of benzene rings is 1. The van der Waals surface area contributed by atoms with E-state index in [0.717, 1.165) is 31.2 Å². The van der Waals surface area contributed by atoms with E-state index in [1.54, 1.807) is 23.1 Å². The molecule has 2 amide bonds. The van der Waals surface area contributed by atoms with E-state index in [4.69, 9.17) is 16.6 Å². The number of hydrogen-bond donors (Lipinski definition) is 2. The lowest BCUT2D eigenvalue weighted by Crippen LogP contribution is -2.49. The zero-order valence-corrected chi connectivity index (χ0v) is 16.0. The maximum Gasteiger partial charge on any atom is 0.266 e. The van der Waals surface area contributed by atoms with E-state index >= 15 is 0 Å². The second-order valence-corrected chi connectivity index (χ2v) is 7.32. The molecule has 0 radical (unpaired) electrons. The van der Waals surface area contributed by atoms with E-state index in [2.05, 4.69) is 17.2 Å². The molecular weight excluding hydrogens is 350 g/mol. The molecule has 3 rings (SSSR count). The predicted molar refractivity (Wildman–Crippen MR) is 103 cm³/mol. The monoisotopic (exact) mass is 375 g/mol. The van der Waals surface area contributed by atoms with Crippen molar-refractivity contribution >= 4 is 35.1 Å². The summed E-state index contributed by atoms with van der Waals surface area (Å²) in [4.78, 5) is 30.4. The number of carbonyl (C=O) groups excluding carboxylic acids is 2. The SMILES string of the molecule is CCCCNC(=O)[C@H]1CC[C@H](C)N(C(=O)c2ccc3[nH]c(=S)oc3c2)C1. The molecule has 6 nitrogen and oxygen atoms in total. The topological polar surface area (TPSA) is 78.3 Å². The fraction of sp³-hybridized carbons (Fsp3) is 0.526. The van der Waals surface area contributed by atoms with Gasteiger partial charge in [-0.05, 0) is 56.6 Å². The number of piperidine rings is 1. The van der Waals surface area contributed by atoms with Crippen LogP contribution in [0.25, 0.3) is 11.1 Å². The Labute approximate surface area is 157 Å². The van der Waals surface area contributed by atoms with E-state index in [0.29, 0.717) is 29.1 Å². The second kappa shape index (κ2) is 8.03. The first-order valence-corrected chi connectivity index (χ1v) is 9.62. The zero-order valence-electron chi connectivity index (χ0n) is 15.2. The van der Waals surface area contributed by atoms with Crippen molar-refractivity contribution in [3.63, 3.8) is 0 Å². The lowest BCUT2D eigenvalue weighted by molar-refractivity contribution is -0.126. The van der Waals surface area contributed by atoms with Gasteiger partial charge in [0, 0.05) is 24.7 Å². The second-order valence-electron chi connectivity index (χ2n) is 6.95. The number of likely N-dealkylation sites (tertiary alicyclic amines) is 1. The summed E-state index contributed by atoms with van der Waals surface area (Å²) in [5.41, 5.74) is 1.89. The number of nitrogens with one attached hydrogen (secondary N) is 2. The number of rotatable bonds is 5. The minimum absolute atomic E-state index is 0.0509. The molecule has 1 saturated heterocycles. The molecule has 0 bridgehead atoms. The molecule has 0 spiro atoms. The summed E-state index contributed by atoms with van der Waals surface area (Å²) < 4.78 is 5.41. The Morgan fingerprint density at radius 3 is 2.96 bits per heavy atom. The number of carbonyl (C=O) groups is 2. The van der Waals surface area contributed by atoms with Gasteiger partial charge in [0.1, 0.15) is 0 Å². The highest BCUT2D eigenvalue weighted by Crippen LogP contribution is 2.25. The first kappa shape index (κ1) is 18.6. The van der Waals surface area contributed by atoms with Crippen molar-refractivity contribution in [2.75, 3.05) is 13.1 Å². The highest BCUT2D eigenvalue weighted by atomic mass is 32.1. The summed E-state index contributed by atoms with van der Waals surface area (Å²) in [6, 6.07) is 5.38. The first-order chi connectivity index (χ1) is 12.5. The molecule has 2 atom stereocenters. The summed E-state index contributed by atoms with van der Waals surface area (Å²) in [6.45, 7) is 5.28.